The van der Waals surface area contributed by atoms with Crippen molar-refractivity contribution in [3.63, 3.8) is 0 Å². The number of benzene rings is 2. The summed E-state index contributed by atoms with van der Waals surface area (Å²) in [5.41, 5.74) is -1.20. The molecule has 0 aliphatic carbocycles. The molecule has 2 heterocycles. The van der Waals surface area contributed by atoms with Gasteiger partial charge in [0.1, 0.15) is 18.3 Å². The Morgan fingerprint density at radius 3 is 2.50 bits per heavy atom. The van der Waals surface area contributed by atoms with Gasteiger partial charge in [0.2, 0.25) is 5.91 Å². The first-order valence-corrected chi connectivity index (χ1v) is 9.54. The number of aromatic nitrogens is 4. The van der Waals surface area contributed by atoms with E-state index in [-0.39, 0.29) is 11.0 Å². The summed E-state index contributed by atoms with van der Waals surface area (Å²) < 4.78 is 40.3. The highest BCUT2D eigenvalue weighted by Crippen LogP contribution is 2.34. The van der Waals surface area contributed by atoms with Gasteiger partial charge in [-0.05, 0) is 36.4 Å². The van der Waals surface area contributed by atoms with Gasteiger partial charge in [-0.2, -0.15) is 13.2 Å². The van der Waals surface area contributed by atoms with Gasteiger partial charge in [0.25, 0.3) is 5.56 Å². The van der Waals surface area contributed by atoms with Gasteiger partial charge in [-0.3, -0.25) is 14.2 Å². The molecule has 4 aromatic rings. The average molecular weight is 460 g/mol. The molecule has 4 rings (SSSR count). The molecule has 7 nitrogen and oxygen atoms in total. The lowest BCUT2D eigenvalue weighted by Crippen LogP contribution is -2.28. The predicted molar refractivity (Wildman–Crippen MR) is 112 cm³/mol. The number of carbonyl (C=O) groups is 1. The number of para-hydroxylation sites is 1. The molecule has 2 aromatic heterocycles. The van der Waals surface area contributed by atoms with Crippen LogP contribution in [0.5, 0.6) is 0 Å². The molecule has 0 radical (unpaired) electrons. The van der Waals surface area contributed by atoms with Crippen molar-refractivity contribution in [1.29, 1.82) is 0 Å². The Hall–Kier alpha value is -3.79. The van der Waals surface area contributed by atoms with Crippen molar-refractivity contribution in [1.82, 2.24) is 19.5 Å². The maximum absolute atomic E-state index is 13.1. The molecule has 11 heteroatoms. The van der Waals surface area contributed by atoms with E-state index in [1.165, 1.54) is 18.3 Å². The van der Waals surface area contributed by atoms with Crippen molar-refractivity contribution in [2.75, 3.05) is 5.32 Å². The SMILES string of the molecule is O=C(Cn1cnc2nc(-c3ccc(Cl)cc3)ncc2c1=O)Nc1ccccc1C(F)(F)F. The van der Waals surface area contributed by atoms with Crippen molar-refractivity contribution in [2.24, 2.45) is 0 Å². The largest absolute Gasteiger partial charge is 0.418 e. The van der Waals surface area contributed by atoms with E-state index in [9.17, 15) is 22.8 Å². The van der Waals surface area contributed by atoms with E-state index in [2.05, 4.69) is 20.3 Å². The molecule has 162 valence electrons. The highest BCUT2D eigenvalue weighted by atomic mass is 35.5. The second-order valence-electron chi connectivity index (χ2n) is 6.71. The van der Waals surface area contributed by atoms with Crippen molar-refractivity contribution >= 4 is 34.2 Å². The molecule has 0 bridgehead atoms. The van der Waals surface area contributed by atoms with E-state index < -0.39 is 35.4 Å². The van der Waals surface area contributed by atoms with E-state index in [0.29, 0.717) is 16.4 Å². The number of carbonyl (C=O) groups excluding carboxylic acids is 1. The number of anilines is 1. The van der Waals surface area contributed by atoms with Crippen molar-refractivity contribution in [3.05, 3.63) is 82.0 Å². The molecule has 1 amide bonds. The molecule has 0 atom stereocenters. The first-order chi connectivity index (χ1) is 15.2. The number of amides is 1. The lowest BCUT2D eigenvalue weighted by Gasteiger charge is -2.14. The summed E-state index contributed by atoms with van der Waals surface area (Å²) in [4.78, 5) is 37.5. The summed E-state index contributed by atoms with van der Waals surface area (Å²) in [7, 11) is 0. The molecule has 0 fully saturated rings. The van der Waals surface area contributed by atoms with Gasteiger partial charge in [0, 0.05) is 16.8 Å². The Morgan fingerprint density at radius 1 is 1.06 bits per heavy atom. The number of halogens is 4. The Morgan fingerprint density at radius 2 is 1.78 bits per heavy atom. The third-order valence-electron chi connectivity index (χ3n) is 4.50. The van der Waals surface area contributed by atoms with Crippen LogP contribution < -0.4 is 10.9 Å². The summed E-state index contributed by atoms with van der Waals surface area (Å²) in [6.07, 6.45) is -2.24. The lowest BCUT2D eigenvalue weighted by atomic mass is 10.1. The zero-order chi connectivity index (χ0) is 22.9. The minimum atomic E-state index is -4.63. The van der Waals surface area contributed by atoms with Crippen molar-refractivity contribution in [2.45, 2.75) is 12.7 Å². The Balaban J connectivity index is 1.58. The number of nitrogens with zero attached hydrogens (tertiary/aromatic N) is 4. The normalized spacial score (nSPS) is 11.5. The molecular formula is C21H13ClF3N5O2. The summed E-state index contributed by atoms with van der Waals surface area (Å²) in [6.45, 7) is -0.535. The summed E-state index contributed by atoms with van der Waals surface area (Å²) in [5.74, 6) is -0.482. The minimum absolute atomic E-state index is 0.0636. The smallest absolute Gasteiger partial charge is 0.324 e. The summed E-state index contributed by atoms with van der Waals surface area (Å²) in [5, 5.41) is 2.80. The van der Waals surface area contributed by atoms with Crippen LogP contribution in [0.15, 0.2) is 65.8 Å². The molecule has 0 saturated heterocycles. The summed E-state index contributed by atoms with van der Waals surface area (Å²) >= 11 is 5.87. The van der Waals surface area contributed by atoms with Crippen LogP contribution in [0.1, 0.15) is 5.56 Å². The fourth-order valence-electron chi connectivity index (χ4n) is 2.99. The van der Waals surface area contributed by atoms with E-state index >= 15 is 0 Å². The van der Waals surface area contributed by atoms with E-state index in [1.807, 2.05) is 0 Å². The van der Waals surface area contributed by atoms with Crippen LogP contribution in [-0.4, -0.2) is 25.4 Å². The third-order valence-corrected chi connectivity index (χ3v) is 4.75. The number of hydrogen-bond acceptors (Lipinski definition) is 5. The van der Waals surface area contributed by atoms with Crippen LogP contribution >= 0.6 is 11.6 Å². The zero-order valence-electron chi connectivity index (χ0n) is 16.1. The van der Waals surface area contributed by atoms with Gasteiger partial charge in [0.15, 0.2) is 11.5 Å². The molecule has 0 unspecified atom stereocenters. The second kappa shape index (κ2) is 8.39. The predicted octanol–water partition coefficient (Wildman–Crippen LogP) is 4.16. The maximum Gasteiger partial charge on any atom is 0.418 e. The Bertz CT molecular complexity index is 1370. The lowest BCUT2D eigenvalue weighted by molar-refractivity contribution is -0.137. The number of rotatable bonds is 4. The zero-order valence-corrected chi connectivity index (χ0v) is 16.9. The number of alkyl halides is 3. The molecule has 0 aliphatic rings. The highest BCUT2D eigenvalue weighted by molar-refractivity contribution is 6.30. The van der Waals surface area contributed by atoms with E-state index in [4.69, 9.17) is 11.6 Å². The third kappa shape index (κ3) is 4.45. The number of nitrogens with one attached hydrogen (secondary N) is 1. The first-order valence-electron chi connectivity index (χ1n) is 9.16. The van der Waals surface area contributed by atoms with Gasteiger partial charge in [-0.25, -0.2) is 15.0 Å². The van der Waals surface area contributed by atoms with Crippen molar-refractivity contribution < 1.29 is 18.0 Å². The Kier molecular flexibility index (Phi) is 5.62. The minimum Gasteiger partial charge on any atom is -0.324 e. The maximum atomic E-state index is 13.1. The highest BCUT2D eigenvalue weighted by Gasteiger charge is 2.33. The van der Waals surface area contributed by atoms with Crippen LogP contribution in [-0.2, 0) is 17.5 Å². The van der Waals surface area contributed by atoms with Crippen LogP contribution in [0.2, 0.25) is 5.02 Å². The van der Waals surface area contributed by atoms with Gasteiger partial charge in [0.05, 0.1) is 11.3 Å². The molecule has 0 spiro atoms. The van der Waals surface area contributed by atoms with Crippen LogP contribution in [0.4, 0.5) is 18.9 Å². The quantitative estimate of drug-likeness (QED) is 0.495. The van der Waals surface area contributed by atoms with Crippen molar-refractivity contribution in [3.8, 4) is 11.4 Å². The van der Waals surface area contributed by atoms with Gasteiger partial charge < -0.3 is 5.32 Å². The van der Waals surface area contributed by atoms with Gasteiger partial charge >= 0.3 is 6.18 Å². The van der Waals surface area contributed by atoms with Crippen LogP contribution in [0.3, 0.4) is 0 Å². The Labute approximate surface area is 183 Å². The van der Waals surface area contributed by atoms with E-state index in [1.54, 1.807) is 24.3 Å². The molecule has 0 aliphatic heterocycles. The number of fused-ring (bicyclic) bond motifs is 1. The van der Waals surface area contributed by atoms with E-state index in [0.717, 1.165) is 23.0 Å². The fourth-order valence-corrected chi connectivity index (χ4v) is 3.11. The van der Waals surface area contributed by atoms with Crippen LogP contribution in [0.25, 0.3) is 22.4 Å². The van der Waals surface area contributed by atoms with Gasteiger partial charge in [-0.1, -0.05) is 23.7 Å². The molecule has 32 heavy (non-hydrogen) atoms. The molecule has 2 aromatic carbocycles. The molecular weight excluding hydrogens is 447 g/mol. The fraction of sp³-hybridized carbons (Fsp3) is 0.0952. The average Bonchev–Trinajstić information content (AvgIpc) is 2.75. The first kappa shape index (κ1) is 21.4. The molecule has 1 N–H and O–H groups in total. The topological polar surface area (TPSA) is 89.8 Å². The van der Waals surface area contributed by atoms with Gasteiger partial charge in [-0.15, -0.1) is 0 Å². The monoisotopic (exact) mass is 459 g/mol. The molecule has 0 saturated carbocycles. The number of hydrogen-bond donors (Lipinski definition) is 1. The second-order valence-corrected chi connectivity index (χ2v) is 7.14. The standard InChI is InChI=1S/C21H13ClF3N5O2/c22-13-7-5-12(6-8-13)18-26-9-14-19(29-18)27-11-30(20(14)32)10-17(31)28-16-4-2-1-3-15(16)21(23,24)25/h1-9,11H,10H2,(H,28,31). The van der Waals surface area contributed by atoms with Crippen LogP contribution in [0, 0.1) is 0 Å². The summed E-state index contributed by atoms with van der Waals surface area (Å²) in [6, 6.07) is 11.3.